The van der Waals surface area contributed by atoms with E-state index in [1.54, 1.807) is 17.7 Å². The van der Waals surface area contributed by atoms with Gasteiger partial charge in [-0.2, -0.15) is 0 Å². The summed E-state index contributed by atoms with van der Waals surface area (Å²) in [6, 6.07) is 8.44. The third-order valence-corrected chi connectivity index (χ3v) is 7.26. The summed E-state index contributed by atoms with van der Waals surface area (Å²) in [4.78, 5) is 23.8. The average Bonchev–Trinajstić information content (AvgIpc) is 3.10. The van der Waals surface area contributed by atoms with Crippen LogP contribution in [0.15, 0.2) is 30.6 Å². The van der Waals surface area contributed by atoms with Crippen LogP contribution in [-0.2, 0) is 24.1 Å². The summed E-state index contributed by atoms with van der Waals surface area (Å²) in [5.41, 5.74) is 3.89. The van der Waals surface area contributed by atoms with Crippen molar-refractivity contribution in [1.82, 2.24) is 15.3 Å². The molecule has 2 atom stereocenters. The Bertz CT molecular complexity index is 1060. The van der Waals surface area contributed by atoms with Gasteiger partial charge in [-0.25, -0.2) is 9.97 Å². The van der Waals surface area contributed by atoms with Crippen LogP contribution in [-0.4, -0.2) is 22.5 Å². The molecule has 5 nitrogen and oxygen atoms in total. The van der Waals surface area contributed by atoms with Crippen LogP contribution in [0.2, 0.25) is 0 Å². The molecule has 2 aliphatic rings. The van der Waals surface area contributed by atoms with E-state index in [4.69, 9.17) is 4.74 Å². The van der Waals surface area contributed by atoms with Crippen LogP contribution < -0.4 is 10.1 Å². The van der Waals surface area contributed by atoms with Crippen molar-refractivity contribution < 1.29 is 9.53 Å². The van der Waals surface area contributed by atoms with Gasteiger partial charge in [0.15, 0.2) is 6.61 Å². The molecule has 0 bridgehead atoms. The molecule has 0 aliphatic heterocycles. The number of fused-ring (bicyclic) bond motifs is 4. The van der Waals surface area contributed by atoms with Crippen LogP contribution in [0.1, 0.15) is 53.8 Å². The summed E-state index contributed by atoms with van der Waals surface area (Å²) in [6.45, 7) is 2.27. The van der Waals surface area contributed by atoms with Gasteiger partial charge < -0.3 is 10.1 Å². The second-order valence-corrected chi connectivity index (χ2v) is 9.29. The number of nitrogens with zero attached hydrogens (tertiary/aromatic N) is 2. The Hall–Kier alpha value is -2.47. The lowest BCUT2D eigenvalue weighted by Crippen LogP contribution is -2.34. The Balaban J connectivity index is 1.31. The zero-order valence-electron chi connectivity index (χ0n) is 16.6. The van der Waals surface area contributed by atoms with Gasteiger partial charge in [0, 0.05) is 4.88 Å². The van der Waals surface area contributed by atoms with E-state index in [2.05, 4.69) is 40.4 Å². The van der Waals surface area contributed by atoms with Crippen molar-refractivity contribution in [2.45, 2.75) is 51.5 Å². The van der Waals surface area contributed by atoms with Crippen molar-refractivity contribution in [1.29, 1.82) is 0 Å². The van der Waals surface area contributed by atoms with Crippen molar-refractivity contribution in [3.63, 3.8) is 0 Å². The monoisotopic (exact) mass is 407 g/mol. The number of ether oxygens (including phenoxy) is 1. The number of hydrogen-bond acceptors (Lipinski definition) is 5. The van der Waals surface area contributed by atoms with Gasteiger partial charge in [0.2, 0.25) is 5.88 Å². The summed E-state index contributed by atoms with van der Waals surface area (Å²) in [5, 5.41) is 4.16. The van der Waals surface area contributed by atoms with E-state index < -0.39 is 0 Å². The molecule has 0 spiro atoms. The van der Waals surface area contributed by atoms with Crippen LogP contribution in [0.25, 0.3) is 10.2 Å². The molecule has 2 heterocycles. The smallest absolute Gasteiger partial charge is 0.258 e. The van der Waals surface area contributed by atoms with Crippen LogP contribution in [0, 0.1) is 5.92 Å². The molecule has 0 fully saturated rings. The third kappa shape index (κ3) is 3.62. The Morgan fingerprint density at radius 2 is 2.14 bits per heavy atom. The third-order valence-electron chi connectivity index (χ3n) is 6.10. The highest BCUT2D eigenvalue weighted by Gasteiger charge is 2.25. The molecule has 29 heavy (non-hydrogen) atoms. The zero-order chi connectivity index (χ0) is 19.8. The van der Waals surface area contributed by atoms with E-state index in [1.807, 2.05) is 6.07 Å². The second-order valence-electron chi connectivity index (χ2n) is 8.21. The van der Waals surface area contributed by atoms with E-state index in [0.717, 1.165) is 42.3 Å². The molecule has 150 valence electrons. The maximum absolute atomic E-state index is 12.6. The van der Waals surface area contributed by atoms with E-state index in [0.29, 0.717) is 11.8 Å². The lowest BCUT2D eigenvalue weighted by molar-refractivity contribution is -0.124. The topological polar surface area (TPSA) is 64.1 Å². The number of aromatic nitrogens is 2. The minimum absolute atomic E-state index is 0.0220. The van der Waals surface area contributed by atoms with Crippen molar-refractivity contribution in [3.8, 4) is 5.88 Å². The summed E-state index contributed by atoms with van der Waals surface area (Å²) < 4.78 is 5.91. The number of rotatable bonds is 4. The lowest BCUT2D eigenvalue weighted by Gasteiger charge is -2.26. The average molecular weight is 408 g/mol. The first-order valence-electron chi connectivity index (χ1n) is 10.4. The summed E-state index contributed by atoms with van der Waals surface area (Å²) in [6.07, 6.45) is 7.99. The van der Waals surface area contributed by atoms with Gasteiger partial charge in [-0.1, -0.05) is 31.2 Å². The molecule has 5 rings (SSSR count). The molecular weight excluding hydrogens is 382 g/mol. The van der Waals surface area contributed by atoms with Gasteiger partial charge in [0.1, 0.15) is 11.2 Å². The van der Waals surface area contributed by atoms with Crippen molar-refractivity contribution >= 4 is 27.5 Å². The highest BCUT2D eigenvalue weighted by molar-refractivity contribution is 7.18. The highest BCUT2D eigenvalue weighted by atomic mass is 32.1. The molecule has 1 N–H and O–H groups in total. The predicted molar refractivity (Wildman–Crippen MR) is 114 cm³/mol. The highest BCUT2D eigenvalue weighted by Crippen LogP contribution is 2.40. The minimum Gasteiger partial charge on any atom is -0.467 e. The number of benzene rings is 1. The normalized spacial score (nSPS) is 20.7. The molecule has 6 heteroatoms. The van der Waals surface area contributed by atoms with Crippen LogP contribution >= 0.6 is 11.3 Å². The molecule has 1 aromatic carbocycles. The molecule has 0 saturated carbocycles. The van der Waals surface area contributed by atoms with Crippen molar-refractivity contribution in [3.05, 3.63) is 52.2 Å². The fraction of sp³-hybridized carbons (Fsp3) is 0.435. The number of carbonyl (C=O) groups is 1. The van der Waals surface area contributed by atoms with Crippen LogP contribution in [0.4, 0.5) is 0 Å². The number of nitrogens with one attached hydrogen (secondary N) is 1. The molecule has 2 aromatic heterocycles. The van der Waals surface area contributed by atoms with Crippen LogP contribution in [0.3, 0.4) is 0 Å². The van der Waals surface area contributed by atoms with E-state index in [-0.39, 0.29) is 18.6 Å². The number of carbonyl (C=O) groups excluding carboxylic acids is 1. The minimum atomic E-state index is -0.101. The van der Waals surface area contributed by atoms with Gasteiger partial charge in [-0.05, 0) is 61.1 Å². The maximum Gasteiger partial charge on any atom is 0.258 e. The van der Waals surface area contributed by atoms with Crippen molar-refractivity contribution in [2.24, 2.45) is 5.92 Å². The SMILES string of the molecule is C[C@@H]1CCc2c(sc3ncnc(OCC(=O)N[C@H]4CCCc5ccccc54)c23)C1. The van der Waals surface area contributed by atoms with Gasteiger partial charge in [-0.3, -0.25) is 4.79 Å². The molecule has 1 amide bonds. The zero-order valence-corrected chi connectivity index (χ0v) is 17.4. The standard InChI is InChI=1S/C23H25N3O2S/c1-14-9-10-17-19(11-14)29-23-21(17)22(24-13-25-23)28-12-20(27)26-18-8-4-6-15-5-2-3-7-16(15)18/h2-3,5,7,13-14,18H,4,6,8-12H2,1H3,(H,26,27)/t14-,18+/m1/s1. The fourth-order valence-electron chi connectivity index (χ4n) is 4.63. The molecule has 0 unspecified atom stereocenters. The summed E-state index contributed by atoms with van der Waals surface area (Å²) in [5.74, 6) is 1.15. The first kappa shape index (κ1) is 18.6. The number of amides is 1. The number of aryl methyl sites for hydroxylation is 2. The van der Waals surface area contributed by atoms with Crippen LogP contribution in [0.5, 0.6) is 5.88 Å². The predicted octanol–water partition coefficient (Wildman–Crippen LogP) is 4.39. The van der Waals surface area contributed by atoms with Crippen molar-refractivity contribution in [2.75, 3.05) is 6.61 Å². The molecular formula is C23H25N3O2S. The van der Waals surface area contributed by atoms with E-state index in [1.165, 1.54) is 28.0 Å². The largest absolute Gasteiger partial charge is 0.467 e. The number of thiophene rings is 1. The second kappa shape index (κ2) is 7.75. The fourth-order valence-corrected chi connectivity index (χ4v) is 5.97. The lowest BCUT2D eigenvalue weighted by atomic mass is 9.88. The van der Waals surface area contributed by atoms with Gasteiger partial charge in [0.05, 0.1) is 11.4 Å². The molecule has 0 saturated heterocycles. The number of hydrogen-bond donors (Lipinski definition) is 1. The first-order chi connectivity index (χ1) is 14.2. The van der Waals surface area contributed by atoms with E-state index in [9.17, 15) is 4.79 Å². The van der Waals surface area contributed by atoms with Gasteiger partial charge >= 0.3 is 0 Å². The Kier molecular flexibility index (Phi) is 4.96. The first-order valence-corrected chi connectivity index (χ1v) is 11.3. The molecule has 0 radical (unpaired) electrons. The van der Waals surface area contributed by atoms with Gasteiger partial charge in [0.25, 0.3) is 5.91 Å². The Morgan fingerprint density at radius 3 is 3.07 bits per heavy atom. The quantitative estimate of drug-likeness (QED) is 0.697. The Morgan fingerprint density at radius 1 is 1.24 bits per heavy atom. The van der Waals surface area contributed by atoms with E-state index >= 15 is 0 Å². The molecule has 3 aromatic rings. The Labute approximate surface area is 174 Å². The summed E-state index contributed by atoms with van der Waals surface area (Å²) >= 11 is 1.74. The maximum atomic E-state index is 12.6. The summed E-state index contributed by atoms with van der Waals surface area (Å²) in [7, 11) is 0. The van der Waals surface area contributed by atoms with Gasteiger partial charge in [-0.15, -0.1) is 11.3 Å². The molecule has 2 aliphatic carbocycles.